The van der Waals surface area contributed by atoms with Crippen molar-refractivity contribution in [3.63, 3.8) is 0 Å². The summed E-state index contributed by atoms with van der Waals surface area (Å²) in [5, 5.41) is 7.83. The van der Waals surface area contributed by atoms with Gasteiger partial charge < -0.3 is 10.1 Å². The first-order valence-electron chi connectivity index (χ1n) is 6.04. The quantitative estimate of drug-likeness (QED) is 0.840. The van der Waals surface area contributed by atoms with Gasteiger partial charge in [0.1, 0.15) is 0 Å². The number of aryl methyl sites for hydroxylation is 1. The first-order valence-corrected chi connectivity index (χ1v) is 6.04. The Kier molecular flexibility index (Phi) is 3.96. The van der Waals surface area contributed by atoms with Crippen molar-refractivity contribution in [2.45, 2.75) is 25.3 Å². The normalized spacial score (nSPS) is 19.9. The zero-order valence-corrected chi connectivity index (χ0v) is 10.1. The number of rotatable bonds is 4. The van der Waals surface area contributed by atoms with E-state index in [1.807, 2.05) is 25.0 Å². The molecule has 2 rings (SSSR count). The molecule has 1 fully saturated rings. The van der Waals surface area contributed by atoms with E-state index in [0.717, 1.165) is 31.2 Å². The summed E-state index contributed by atoms with van der Waals surface area (Å²) in [6.07, 6.45) is 5.54. The van der Waals surface area contributed by atoms with Crippen molar-refractivity contribution < 1.29 is 4.74 Å². The minimum atomic E-state index is 0.379. The lowest BCUT2D eigenvalue weighted by molar-refractivity contribution is 0.0606. The molecule has 0 bridgehead atoms. The van der Waals surface area contributed by atoms with E-state index in [-0.39, 0.29) is 0 Å². The van der Waals surface area contributed by atoms with Crippen molar-refractivity contribution >= 4 is 0 Å². The Morgan fingerprint density at radius 3 is 2.88 bits per heavy atom. The first-order chi connectivity index (χ1) is 7.79. The number of hydrogen-bond donors (Lipinski definition) is 1. The van der Waals surface area contributed by atoms with Crippen molar-refractivity contribution in [2.75, 3.05) is 20.3 Å². The maximum absolute atomic E-state index is 5.38. The summed E-state index contributed by atoms with van der Waals surface area (Å²) in [5.41, 5.74) is 1.15. The standard InChI is InChI=1S/C12H21N3O/c1-13-12(11-3-6-15(2)14-11)9-10-4-7-16-8-5-10/h3,6,10,12-13H,4-5,7-9H2,1-2H3. The van der Waals surface area contributed by atoms with E-state index in [1.54, 1.807) is 0 Å². The number of hydrogen-bond acceptors (Lipinski definition) is 3. The number of nitrogens with one attached hydrogen (secondary N) is 1. The summed E-state index contributed by atoms with van der Waals surface area (Å²) in [5.74, 6) is 0.771. The van der Waals surface area contributed by atoms with Crippen LogP contribution >= 0.6 is 0 Å². The lowest BCUT2D eigenvalue weighted by Gasteiger charge is -2.25. The Labute approximate surface area is 97.0 Å². The summed E-state index contributed by atoms with van der Waals surface area (Å²) < 4.78 is 7.25. The Balaban J connectivity index is 1.94. The molecule has 0 aromatic carbocycles. The predicted octanol–water partition coefficient (Wildman–Crippen LogP) is 1.50. The highest BCUT2D eigenvalue weighted by molar-refractivity contribution is 5.05. The van der Waals surface area contributed by atoms with Gasteiger partial charge in [0.15, 0.2) is 0 Å². The Bertz CT molecular complexity index is 318. The number of aromatic nitrogens is 2. The molecule has 1 N–H and O–H groups in total. The molecule has 4 nitrogen and oxygen atoms in total. The molecular formula is C12H21N3O. The van der Waals surface area contributed by atoms with Gasteiger partial charge in [-0.15, -0.1) is 0 Å². The van der Waals surface area contributed by atoms with Crippen LogP contribution in [0.3, 0.4) is 0 Å². The fourth-order valence-corrected chi connectivity index (χ4v) is 2.32. The van der Waals surface area contributed by atoms with Crippen LogP contribution in [0.5, 0.6) is 0 Å². The van der Waals surface area contributed by atoms with Gasteiger partial charge >= 0.3 is 0 Å². The first kappa shape index (κ1) is 11.6. The van der Waals surface area contributed by atoms with Gasteiger partial charge in [-0.2, -0.15) is 5.10 Å². The van der Waals surface area contributed by atoms with Crippen molar-refractivity contribution in [1.29, 1.82) is 0 Å². The van der Waals surface area contributed by atoms with Gasteiger partial charge in [0.2, 0.25) is 0 Å². The minimum Gasteiger partial charge on any atom is -0.381 e. The van der Waals surface area contributed by atoms with Crippen LogP contribution in [0, 0.1) is 5.92 Å². The zero-order chi connectivity index (χ0) is 11.4. The molecule has 1 aromatic rings. The molecule has 1 saturated heterocycles. The molecule has 1 atom stereocenters. The molecule has 16 heavy (non-hydrogen) atoms. The van der Waals surface area contributed by atoms with Gasteiger partial charge in [-0.05, 0) is 38.3 Å². The molecule has 0 radical (unpaired) electrons. The van der Waals surface area contributed by atoms with Crippen LogP contribution in [0.15, 0.2) is 12.3 Å². The van der Waals surface area contributed by atoms with Gasteiger partial charge in [0.05, 0.1) is 11.7 Å². The van der Waals surface area contributed by atoms with E-state index >= 15 is 0 Å². The van der Waals surface area contributed by atoms with Crippen molar-refractivity contribution in [3.05, 3.63) is 18.0 Å². The fourth-order valence-electron chi connectivity index (χ4n) is 2.32. The number of ether oxygens (including phenoxy) is 1. The Morgan fingerprint density at radius 1 is 1.56 bits per heavy atom. The molecule has 1 unspecified atom stereocenters. The van der Waals surface area contributed by atoms with Crippen molar-refractivity contribution in [1.82, 2.24) is 15.1 Å². The molecule has 4 heteroatoms. The lowest BCUT2D eigenvalue weighted by atomic mass is 9.91. The highest BCUT2D eigenvalue weighted by atomic mass is 16.5. The second kappa shape index (κ2) is 5.46. The highest BCUT2D eigenvalue weighted by Gasteiger charge is 2.20. The van der Waals surface area contributed by atoms with Gasteiger partial charge in [0, 0.05) is 26.5 Å². The fraction of sp³-hybridized carbons (Fsp3) is 0.750. The summed E-state index contributed by atoms with van der Waals surface area (Å²) in [4.78, 5) is 0. The van der Waals surface area contributed by atoms with Crippen molar-refractivity contribution in [2.24, 2.45) is 13.0 Å². The van der Waals surface area contributed by atoms with E-state index in [0.29, 0.717) is 6.04 Å². The van der Waals surface area contributed by atoms with Crippen LogP contribution in [0.1, 0.15) is 31.0 Å². The molecule has 0 amide bonds. The second-order valence-corrected chi connectivity index (χ2v) is 4.55. The molecule has 90 valence electrons. The van der Waals surface area contributed by atoms with E-state index in [9.17, 15) is 0 Å². The van der Waals surface area contributed by atoms with Gasteiger partial charge in [-0.3, -0.25) is 4.68 Å². The zero-order valence-electron chi connectivity index (χ0n) is 10.1. The monoisotopic (exact) mass is 223 g/mol. The smallest absolute Gasteiger partial charge is 0.0793 e. The third-order valence-electron chi connectivity index (χ3n) is 3.35. The molecule has 0 saturated carbocycles. The lowest BCUT2D eigenvalue weighted by Crippen LogP contribution is -2.24. The topological polar surface area (TPSA) is 39.1 Å². The maximum atomic E-state index is 5.38. The molecule has 0 spiro atoms. The van der Waals surface area contributed by atoms with Gasteiger partial charge in [0.25, 0.3) is 0 Å². The van der Waals surface area contributed by atoms with Gasteiger partial charge in [-0.25, -0.2) is 0 Å². The average Bonchev–Trinajstić information content (AvgIpc) is 2.74. The maximum Gasteiger partial charge on any atom is 0.0793 e. The van der Waals surface area contributed by atoms with Crippen LogP contribution in [-0.4, -0.2) is 30.0 Å². The molecule has 0 aliphatic carbocycles. The summed E-state index contributed by atoms with van der Waals surface area (Å²) in [6, 6.07) is 2.48. The Morgan fingerprint density at radius 2 is 2.31 bits per heavy atom. The van der Waals surface area contributed by atoms with Crippen LogP contribution in [0.4, 0.5) is 0 Å². The van der Waals surface area contributed by atoms with Crippen LogP contribution in [-0.2, 0) is 11.8 Å². The molecule has 1 aliphatic rings. The third-order valence-corrected chi connectivity index (χ3v) is 3.35. The third kappa shape index (κ3) is 2.83. The SMILES string of the molecule is CNC(CC1CCOCC1)c1ccn(C)n1. The second-order valence-electron chi connectivity index (χ2n) is 4.55. The van der Waals surface area contributed by atoms with Gasteiger partial charge in [-0.1, -0.05) is 0 Å². The predicted molar refractivity (Wildman–Crippen MR) is 63.2 cm³/mol. The Hall–Kier alpha value is -0.870. The van der Waals surface area contributed by atoms with Crippen molar-refractivity contribution in [3.8, 4) is 0 Å². The summed E-state index contributed by atoms with van der Waals surface area (Å²) >= 11 is 0. The highest BCUT2D eigenvalue weighted by Crippen LogP contribution is 2.26. The average molecular weight is 223 g/mol. The number of nitrogens with zero attached hydrogens (tertiary/aromatic N) is 2. The van der Waals surface area contributed by atoms with Crippen LogP contribution in [0.25, 0.3) is 0 Å². The molecule has 1 aliphatic heterocycles. The summed E-state index contributed by atoms with van der Waals surface area (Å²) in [7, 11) is 3.98. The molecule has 1 aromatic heterocycles. The molecular weight excluding hydrogens is 202 g/mol. The van der Waals surface area contributed by atoms with E-state index in [4.69, 9.17) is 4.74 Å². The van der Waals surface area contributed by atoms with Crippen LogP contribution in [0.2, 0.25) is 0 Å². The largest absolute Gasteiger partial charge is 0.381 e. The van der Waals surface area contributed by atoms with E-state index in [2.05, 4.69) is 16.5 Å². The minimum absolute atomic E-state index is 0.379. The van der Waals surface area contributed by atoms with E-state index < -0.39 is 0 Å². The summed E-state index contributed by atoms with van der Waals surface area (Å²) in [6.45, 7) is 1.84. The van der Waals surface area contributed by atoms with E-state index in [1.165, 1.54) is 12.8 Å². The molecule has 2 heterocycles. The van der Waals surface area contributed by atoms with Crippen LogP contribution < -0.4 is 5.32 Å².